The lowest BCUT2D eigenvalue weighted by atomic mass is 9.80. The van der Waals surface area contributed by atoms with Gasteiger partial charge in [-0.25, -0.2) is 9.97 Å². The number of nitrogens with zero attached hydrogens (tertiary/aromatic N) is 2. The Balaban J connectivity index is 1.22. The van der Waals surface area contributed by atoms with Crippen LogP contribution in [0.15, 0.2) is 59.7 Å². The van der Waals surface area contributed by atoms with Gasteiger partial charge in [-0.2, -0.15) is 0 Å². The molecular formula is C32H20N2OS6. The van der Waals surface area contributed by atoms with Crippen LogP contribution in [0.25, 0.3) is 21.9 Å². The average Bonchev–Trinajstić information content (AvgIpc) is 3.72. The molecule has 0 atom stereocenters. The van der Waals surface area contributed by atoms with Crippen molar-refractivity contribution in [2.45, 2.75) is 37.7 Å². The maximum atomic E-state index is 6.80. The summed E-state index contributed by atoms with van der Waals surface area (Å²) < 4.78 is 6.80. The predicted molar refractivity (Wildman–Crippen MR) is 184 cm³/mol. The molecule has 3 heterocycles. The summed E-state index contributed by atoms with van der Waals surface area (Å²) in [5.74, 6) is 0.686. The fraction of sp³-hybridized carbons (Fsp3) is 0.188. The van der Waals surface area contributed by atoms with E-state index < -0.39 is 5.60 Å². The second-order valence-corrected chi connectivity index (χ2v) is 14.3. The van der Waals surface area contributed by atoms with E-state index in [2.05, 4.69) is 6.08 Å². The standard InChI is InChI=1S/C32H20N2OS6/c36-24-16-8-2-3-9-17(16)25(37)20(24)14-22-33-30-28(40-22)29-31(35-32(30)12-6-1-7-13-32)34-23(41-29)15-21-26(38)18-10-4-5-11-19(18)27(21)39/h2-5,8-11,14-15H,1,6-7,12-13H2. The van der Waals surface area contributed by atoms with Crippen LogP contribution in [0, 0.1) is 0 Å². The van der Waals surface area contributed by atoms with Crippen molar-refractivity contribution in [3.8, 4) is 15.6 Å². The number of fused-ring (bicyclic) bond motifs is 6. The summed E-state index contributed by atoms with van der Waals surface area (Å²) in [6, 6.07) is 16.2. The number of hydrogen-bond donors (Lipinski definition) is 0. The average molecular weight is 641 g/mol. The molecule has 4 aliphatic rings. The summed E-state index contributed by atoms with van der Waals surface area (Å²) in [5.41, 5.74) is 6.44. The molecule has 0 saturated heterocycles. The van der Waals surface area contributed by atoms with E-state index in [1.807, 2.05) is 54.6 Å². The molecule has 200 valence electrons. The number of aromatic nitrogens is 2. The molecule has 1 fully saturated rings. The SMILES string of the molecule is S=C1C(=Cc2nc3c(s2)-c2sc(C=C4C(=S)c5ccccc5C4=S)nc2C2(CCCCC2)O3)C(=S)c2ccccc21. The monoisotopic (exact) mass is 640 g/mol. The van der Waals surface area contributed by atoms with Crippen molar-refractivity contribution in [3.05, 3.63) is 97.6 Å². The fourth-order valence-electron chi connectivity index (χ4n) is 6.21. The molecule has 3 nitrogen and oxygen atoms in total. The van der Waals surface area contributed by atoms with E-state index in [1.54, 1.807) is 22.7 Å². The van der Waals surface area contributed by atoms with E-state index in [1.165, 1.54) is 6.42 Å². The van der Waals surface area contributed by atoms with Crippen LogP contribution in [0.3, 0.4) is 0 Å². The first-order chi connectivity index (χ1) is 19.9. The van der Waals surface area contributed by atoms with Gasteiger partial charge in [0, 0.05) is 33.4 Å². The van der Waals surface area contributed by atoms with Crippen molar-refractivity contribution in [1.29, 1.82) is 0 Å². The first-order valence-corrected chi connectivity index (χ1v) is 16.7. The van der Waals surface area contributed by atoms with Crippen LogP contribution in [0.2, 0.25) is 0 Å². The van der Waals surface area contributed by atoms with Crippen LogP contribution in [0.4, 0.5) is 0 Å². The van der Waals surface area contributed by atoms with Gasteiger partial charge in [0.1, 0.15) is 20.6 Å². The van der Waals surface area contributed by atoms with Gasteiger partial charge in [0.2, 0.25) is 5.88 Å². The molecule has 4 aromatic rings. The van der Waals surface area contributed by atoms with Crippen molar-refractivity contribution in [2.75, 3.05) is 0 Å². The summed E-state index contributed by atoms with van der Waals surface area (Å²) in [5, 5.41) is 1.73. The van der Waals surface area contributed by atoms with Crippen LogP contribution in [-0.2, 0) is 5.60 Å². The summed E-state index contributed by atoms with van der Waals surface area (Å²) in [6.07, 6.45) is 9.38. The topological polar surface area (TPSA) is 35.0 Å². The van der Waals surface area contributed by atoms with Crippen molar-refractivity contribution in [2.24, 2.45) is 0 Å². The Bertz CT molecular complexity index is 1860. The minimum Gasteiger partial charge on any atom is -0.463 e. The first kappa shape index (κ1) is 26.0. The minimum atomic E-state index is -0.458. The van der Waals surface area contributed by atoms with Gasteiger partial charge in [0.25, 0.3) is 0 Å². The third-order valence-electron chi connectivity index (χ3n) is 8.19. The van der Waals surface area contributed by atoms with Gasteiger partial charge >= 0.3 is 0 Å². The lowest BCUT2D eigenvalue weighted by Gasteiger charge is -2.38. The number of allylic oxidation sites excluding steroid dienone is 2. The Morgan fingerprint density at radius 1 is 0.634 bits per heavy atom. The van der Waals surface area contributed by atoms with Crippen molar-refractivity contribution >= 4 is 103 Å². The number of hydrogen-bond acceptors (Lipinski definition) is 9. The summed E-state index contributed by atoms with van der Waals surface area (Å²) >= 11 is 26.6. The minimum absolute atomic E-state index is 0.458. The molecule has 2 aromatic heterocycles. The number of rotatable bonds is 2. The lowest BCUT2D eigenvalue weighted by Crippen LogP contribution is -2.38. The number of ether oxygens (including phenoxy) is 1. The van der Waals surface area contributed by atoms with E-state index in [0.717, 1.165) is 104 Å². The second-order valence-electron chi connectivity index (χ2n) is 10.6. The van der Waals surface area contributed by atoms with Crippen molar-refractivity contribution in [3.63, 3.8) is 0 Å². The molecule has 9 heteroatoms. The fourth-order valence-corrected chi connectivity index (χ4v) is 9.85. The summed E-state index contributed by atoms with van der Waals surface area (Å²) in [7, 11) is 0. The Labute approximate surface area is 267 Å². The maximum Gasteiger partial charge on any atom is 0.235 e. The van der Waals surface area contributed by atoms with Crippen LogP contribution in [0.1, 0.15) is 70.1 Å². The largest absolute Gasteiger partial charge is 0.463 e. The smallest absolute Gasteiger partial charge is 0.235 e. The molecule has 0 amide bonds. The van der Waals surface area contributed by atoms with E-state index in [-0.39, 0.29) is 0 Å². The normalized spacial score (nSPS) is 18.2. The van der Waals surface area contributed by atoms with Gasteiger partial charge in [-0.05, 0) is 37.8 Å². The second kappa shape index (κ2) is 9.69. The number of benzene rings is 2. The quantitative estimate of drug-likeness (QED) is 0.160. The molecule has 0 unspecified atom stereocenters. The lowest BCUT2D eigenvalue weighted by molar-refractivity contribution is 0.0168. The Morgan fingerprint density at radius 3 is 1.61 bits per heavy atom. The van der Waals surface area contributed by atoms with Gasteiger partial charge in [0.05, 0.1) is 24.3 Å². The highest BCUT2D eigenvalue weighted by atomic mass is 32.1. The third-order valence-corrected chi connectivity index (χ3v) is 12.1. The van der Waals surface area contributed by atoms with E-state index in [0.29, 0.717) is 5.88 Å². The van der Waals surface area contributed by atoms with Crippen molar-refractivity contribution in [1.82, 2.24) is 9.97 Å². The molecule has 2 aromatic carbocycles. The molecular weight excluding hydrogens is 621 g/mol. The third kappa shape index (κ3) is 3.97. The van der Waals surface area contributed by atoms with Crippen molar-refractivity contribution < 1.29 is 4.74 Å². The Kier molecular flexibility index (Phi) is 6.15. The number of thiazole rings is 2. The molecule has 0 N–H and O–H groups in total. The molecule has 41 heavy (non-hydrogen) atoms. The number of thiocarbonyl (C=S) groups is 4. The van der Waals surface area contributed by atoms with E-state index in [4.69, 9.17) is 63.6 Å². The molecule has 0 radical (unpaired) electrons. The van der Waals surface area contributed by atoms with Gasteiger partial charge in [-0.3, -0.25) is 0 Å². The van der Waals surface area contributed by atoms with Gasteiger partial charge in [-0.1, -0.05) is 104 Å². The Morgan fingerprint density at radius 2 is 1.10 bits per heavy atom. The van der Waals surface area contributed by atoms with E-state index in [9.17, 15) is 0 Å². The zero-order valence-electron chi connectivity index (χ0n) is 21.6. The zero-order chi connectivity index (χ0) is 27.9. The Hall–Kier alpha value is -2.66. The van der Waals surface area contributed by atoms with Crippen LogP contribution in [-0.4, -0.2) is 29.4 Å². The first-order valence-electron chi connectivity index (χ1n) is 13.5. The molecule has 0 bridgehead atoms. The summed E-state index contributed by atoms with van der Waals surface area (Å²) in [6.45, 7) is 0. The van der Waals surface area contributed by atoms with E-state index >= 15 is 0 Å². The molecule has 1 aliphatic heterocycles. The van der Waals surface area contributed by atoms with Gasteiger partial charge in [-0.15, -0.1) is 22.7 Å². The summed E-state index contributed by atoms with van der Waals surface area (Å²) in [4.78, 5) is 15.5. The van der Waals surface area contributed by atoms with Gasteiger partial charge < -0.3 is 4.74 Å². The van der Waals surface area contributed by atoms with Crippen LogP contribution < -0.4 is 4.74 Å². The molecule has 1 spiro atoms. The highest BCUT2D eigenvalue weighted by Gasteiger charge is 2.46. The maximum absolute atomic E-state index is 6.80. The molecule has 3 aliphatic carbocycles. The van der Waals surface area contributed by atoms with Crippen LogP contribution >= 0.6 is 71.5 Å². The highest BCUT2D eigenvalue weighted by molar-refractivity contribution is 7.84. The highest BCUT2D eigenvalue weighted by Crippen LogP contribution is 2.55. The zero-order valence-corrected chi connectivity index (χ0v) is 26.5. The molecule has 8 rings (SSSR count). The van der Waals surface area contributed by atoms with Gasteiger partial charge in [0.15, 0.2) is 5.60 Å². The predicted octanol–water partition coefficient (Wildman–Crippen LogP) is 8.88. The van der Waals surface area contributed by atoms with Crippen LogP contribution in [0.5, 0.6) is 5.88 Å². The molecule has 1 saturated carbocycles.